The van der Waals surface area contributed by atoms with Gasteiger partial charge in [-0.1, -0.05) is 47.2 Å². The molecule has 1 nitrogen and oxygen atoms in total. The fraction of sp³-hybridized carbons (Fsp3) is 0.400. The Balaban J connectivity index is 2.75. The molecule has 0 spiro atoms. The van der Waals surface area contributed by atoms with E-state index in [1.165, 1.54) is 19.3 Å². The summed E-state index contributed by atoms with van der Waals surface area (Å²) in [7, 11) is 1.25. The zero-order chi connectivity index (χ0) is 13.5. The molecule has 0 aliphatic carbocycles. The van der Waals surface area contributed by atoms with Gasteiger partial charge >= 0.3 is 0 Å². The van der Waals surface area contributed by atoms with Crippen LogP contribution < -0.4 is 4.94 Å². The molecule has 0 bridgehead atoms. The van der Waals surface area contributed by atoms with Gasteiger partial charge in [0.15, 0.2) is 5.75 Å². The summed E-state index contributed by atoms with van der Waals surface area (Å²) in [5.41, 5.74) is 2.95. The van der Waals surface area contributed by atoms with Gasteiger partial charge in [-0.05, 0) is 41.9 Å². The molecule has 0 fully saturated rings. The topological polar surface area (TPSA) is 9.23 Å². The molecule has 0 aromatic heterocycles. The average molecular weight is 266 g/mol. The highest BCUT2D eigenvalue weighted by Gasteiger charge is 2.04. The molecule has 3 heteroatoms. The van der Waals surface area contributed by atoms with Gasteiger partial charge in [0, 0.05) is 10.2 Å². The molecular weight excluding hydrogens is 246 g/mol. The van der Waals surface area contributed by atoms with Gasteiger partial charge < -0.3 is 0 Å². The Bertz CT molecular complexity index is 421. The molecule has 0 saturated carbocycles. The van der Waals surface area contributed by atoms with Gasteiger partial charge in [0.05, 0.1) is 0 Å². The summed E-state index contributed by atoms with van der Waals surface area (Å²) in [4.78, 5) is 3.68. The van der Waals surface area contributed by atoms with Gasteiger partial charge in [-0.2, -0.15) is 0 Å². The van der Waals surface area contributed by atoms with E-state index < -0.39 is 0 Å². The number of rotatable bonds is 5. The molecule has 0 radical (unpaired) electrons. The Morgan fingerprint density at radius 1 is 1.22 bits per heavy atom. The van der Waals surface area contributed by atoms with Crippen molar-refractivity contribution in [1.82, 2.24) is 0 Å². The van der Waals surface area contributed by atoms with Crippen molar-refractivity contribution < 1.29 is 9.47 Å². The lowest BCUT2D eigenvalue weighted by molar-refractivity contribution is -0.00622. The maximum absolute atomic E-state index is 11.9. The van der Waals surface area contributed by atoms with Crippen molar-refractivity contribution in [2.75, 3.05) is 0 Å². The van der Waals surface area contributed by atoms with E-state index in [1.807, 2.05) is 12.1 Å². The maximum atomic E-state index is 11.9. The summed E-state index contributed by atoms with van der Waals surface area (Å²) in [5.74, 6) is 3.06. The first-order valence-electron chi connectivity index (χ1n) is 6.16. The SMILES string of the molecule is C/C=C(\C=PC(C)c1ccc(OF)cc1)C(C)C. The van der Waals surface area contributed by atoms with Crippen molar-refractivity contribution >= 4 is 14.0 Å². The van der Waals surface area contributed by atoms with Crippen LogP contribution in [-0.4, -0.2) is 5.80 Å². The highest BCUT2D eigenvalue weighted by Crippen LogP contribution is 2.29. The Hall–Kier alpha value is -1.14. The minimum atomic E-state index is 0.253. The van der Waals surface area contributed by atoms with Crippen LogP contribution in [0.25, 0.3) is 0 Å². The standard InChI is InChI=1S/C15H20FOP/c1-5-13(11(2)3)10-18-12(4)14-6-8-15(17-16)9-7-14/h5-12H,1-4H3/b13-5+. The fourth-order valence-electron chi connectivity index (χ4n) is 1.64. The van der Waals surface area contributed by atoms with Crippen LogP contribution in [0.3, 0.4) is 0 Å². The summed E-state index contributed by atoms with van der Waals surface area (Å²) in [6.07, 6.45) is 2.16. The molecule has 1 atom stereocenters. The van der Waals surface area contributed by atoms with E-state index in [-0.39, 0.29) is 5.75 Å². The van der Waals surface area contributed by atoms with Gasteiger partial charge in [-0.25, -0.2) is 0 Å². The second-order valence-corrected chi connectivity index (χ2v) is 5.87. The zero-order valence-electron chi connectivity index (χ0n) is 11.4. The number of halogens is 1. The molecule has 0 amide bonds. The van der Waals surface area contributed by atoms with Crippen molar-refractivity contribution in [1.29, 1.82) is 0 Å². The maximum Gasteiger partial charge on any atom is 0.171 e. The van der Waals surface area contributed by atoms with Crippen molar-refractivity contribution in [2.45, 2.75) is 33.4 Å². The molecule has 1 aromatic carbocycles. The lowest BCUT2D eigenvalue weighted by Crippen LogP contribution is -1.94. The Morgan fingerprint density at radius 2 is 1.83 bits per heavy atom. The van der Waals surface area contributed by atoms with E-state index in [1.54, 1.807) is 12.1 Å². The molecule has 1 aromatic rings. The Labute approximate surface area is 110 Å². The van der Waals surface area contributed by atoms with E-state index in [4.69, 9.17) is 0 Å². The molecule has 1 unspecified atom stereocenters. The highest BCUT2D eigenvalue weighted by molar-refractivity contribution is 7.39. The molecule has 0 saturated heterocycles. The van der Waals surface area contributed by atoms with Crippen LogP contribution >= 0.6 is 8.20 Å². The fourth-order valence-corrected chi connectivity index (χ4v) is 2.83. The third-order valence-electron chi connectivity index (χ3n) is 2.90. The van der Waals surface area contributed by atoms with Crippen LogP contribution in [-0.2, 0) is 0 Å². The molecule has 98 valence electrons. The van der Waals surface area contributed by atoms with Gasteiger partial charge in [0.25, 0.3) is 0 Å². The van der Waals surface area contributed by atoms with Gasteiger partial charge in [0.1, 0.15) is 0 Å². The monoisotopic (exact) mass is 266 g/mol. The summed E-state index contributed by atoms with van der Waals surface area (Å²) in [6.45, 7) is 8.62. The van der Waals surface area contributed by atoms with Crippen molar-refractivity contribution in [3.05, 3.63) is 41.5 Å². The summed E-state index contributed by atoms with van der Waals surface area (Å²) in [5, 5.41) is 0. The van der Waals surface area contributed by atoms with E-state index in [9.17, 15) is 4.53 Å². The lowest BCUT2D eigenvalue weighted by atomic mass is 10.1. The van der Waals surface area contributed by atoms with Crippen LogP contribution in [0, 0.1) is 5.92 Å². The zero-order valence-corrected chi connectivity index (χ0v) is 12.2. The van der Waals surface area contributed by atoms with Crippen LogP contribution in [0.2, 0.25) is 0 Å². The van der Waals surface area contributed by atoms with Gasteiger partial charge in [-0.15, -0.1) is 0 Å². The van der Waals surface area contributed by atoms with E-state index >= 15 is 0 Å². The third kappa shape index (κ3) is 4.27. The van der Waals surface area contributed by atoms with E-state index in [2.05, 4.69) is 44.5 Å². The minimum Gasteiger partial charge on any atom is -0.294 e. The minimum absolute atomic E-state index is 0.253. The van der Waals surface area contributed by atoms with E-state index in [0.29, 0.717) is 11.6 Å². The molecule has 0 aliphatic rings. The summed E-state index contributed by atoms with van der Waals surface area (Å²) in [6, 6.07) is 7.12. The van der Waals surface area contributed by atoms with Crippen molar-refractivity contribution in [2.24, 2.45) is 5.92 Å². The first-order chi connectivity index (χ1) is 8.58. The van der Waals surface area contributed by atoms with Gasteiger partial charge in [-0.3, -0.25) is 4.94 Å². The number of hydrogen-bond acceptors (Lipinski definition) is 1. The van der Waals surface area contributed by atoms with Crippen molar-refractivity contribution in [3.8, 4) is 5.75 Å². The molecule has 18 heavy (non-hydrogen) atoms. The Morgan fingerprint density at radius 3 is 2.28 bits per heavy atom. The van der Waals surface area contributed by atoms with Crippen LogP contribution in [0.15, 0.2) is 35.9 Å². The Kier molecular flexibility index (Phi) is 6.07. The number of allylic oxidation sites excluding steroid dienone is 2. The highest BCUT2D eigenvalue weighted by atomic mass is 31.1. The normalized spacial score (nSPS) is 14.2. The second-order valence-electron chi connectivity index (χ2n) is 4.54. The van der Waals surface area contributed by atoms with Crippen LogP contribution in [0.1, 0.15) is 38.9 Å². The van der Waals surface area contributed by atoms with Crippen molar-refractivity contribution in [3.63, 3.8) is 0 Å². The lowest BCUT2D eigenvalue weighted by Gasteiger charge is -2.09. The number of benzene rings is 1. The quantitative estimate of drug-likeness (QED) is 0.652. The van der Waals surface area contributed by atoms with Gasteiger partial charge in [0.2, 0.25) is 0 Å². The second kappa shape index (κ2) is 7.33. The summed E-state index contributed by atoms with van der Waals surface area (Å²) < 4.78 is 11.9. The van der Waals surface area contributed by atoms with Crippen LogP contribution in [0.4, 0.5) is 4.53 Å². The largest absolute Gasteiger partial charge is 0.294 e. The predicted octanol–water partition coefficient (Wildman–Crippen LogP) is 5.36. The predicted molar refractivity (Wildman–Crippen MR) is 78.2 cm³/mol. The first kappa shape index (κ1) is 14.9. The third-order valence-corrected chi connectivity index (χ3v) is 4.09. The molecule has 0 heterocycles. The van der Waals surface area contributed by atoms with Crippen LogP contribution in [0.5, 0.6) is 5.75 Å². The molecule has 1 rings (SSSR count). The first-order valence-corrected chi connectivity index (χ1v) is 7.19. The molecular formula is C15H20FOP. The molecule has 0 N–H and O–H groups in total. The average Bonchev–Trinajstić information content (AvgIpc) is 2.39. The summed E-state index contributed by atoms with van der Waals surface area (Å²) >= 11 is 0. The smallest absolute Gasteiger partial charge is 0.171 e. The number of hydrogen-bond donors (Lipinski definition) is 0. The van der Waals surface area contributed by atoms with E-state index in [0.717, 1.165) is 0 Å². The molecule has 0 aliphatic heterocycles.